The van der Waals surface area contributed by atoms with Crippen molar-refractivity contribution in [2.24, 2.45) is 5.41 Å². The van der Waals surface area contributed by atoms with Gasteiger partial charge < -0.3 is 0 Å². The van der Waals surface area contributed by atoms with E-state index in [9.17, 15) is 4.79 Å². The molecule has 1 aromatic carbocycles. The highest BCUT2D eigenvalue weighted by Crippen LogP contribution is 2.60. The molecule has 35 heavy (non-hydrogen) atoms. The quantitative estimate of drug-likeness (QED) is 0.350. The van der Waals surface area contributed by atoms with Crippen LogP contribution in [-0.4, -0.2) is 34.7 Å². The minimum absolute atomic E-state index is 0.108. The molecule has 1 atom stereocenters. The van der Waals surface area contributed by atoms with Gasteiger partial charge in [-0.25, -0.2) is 4.79 Å². The molecular formula is C27H33N7O. The zero-order valence-corrected chi connectivity index (χ0v) is 20.7. The van der Waals surface area contributed by atoms with Crippen LogP contribution >= 0.6 is 0 Å². The molecule has 1 aliphatic rings. The summed E-state index contributed by atoms with van der Waals surface area (Å²) in [6, 6.07) is 12.3. The first-order chi connectivity index (χ1) is 17.1. The third kappa shape index (κ3) is 4.33. The molecule has 1 aliphatic carbocycles. The van der Waals surface area contributed by atoms with Crippen LogP contribution in [0.15, 0.2) is 53.6 Å². The van der Waals surface area contributed by atoms with Gasteiger partial charge in [0.05, 0.1) is 12.2 Å². The summed E-state index contributed by atoms with van der Waals surface area (Å²) in [4.78, 5) is 18.2. The molecule has 1 N–H and O–H groups in total. The smallest absolute Gasteiger partial charge is 0.295 e. The number of aromatic amines is 1. The van der Waals surface area contributed by atoms with Crippen molar-refractivity contribution < 1.29 is 0 Å². The molecule has 1 unspecified atom stereocenters. The van der Waals surface area contributed by atoms with E-state index in [0.717, 1.165) is 66.6 Å². The maximum atomic E-state index is 13.5. The molecule has 3 aromatic heterocycles. The van der Waals surface area contributed by atoms with Gasteiger partial charge in [0.1, 0.15) is 0 Å². The van der Waals surface area contributed by atoms with E-state index in [1.54, 1.807) is 0 Å². The van der Waals surface area contributed by atoms with Gasteiger partial charge in [0.25, 0.3) is 0 Å². The molecule has 8 nitrogen and oxygen atoms in total. The van der Waals surface area contributed by atoms with Crippen LogP contribution in [0, 0.1) is 5.41 Å². The summed E-state index contributed by atoms with van der Waals surface area (Å²) >= 11 is 0. The summed E-state index contributed by atoms with van der Waals surface area (Å²) in [7, 11) is 0. The van der Waals surface area contributed by atoms with Crippen LogP contribution in [-0.2, 0) is 13.0 Å². The fourth-order valence-electron chi connectivity index (χ4n) is 5.26. The second-order valence-electron chi connectivity index (χ2n) is 9.62. The Kier molecular flexibility index (Phi) is 6.36. The van der Waals surface area contributed by atoms with Crippen molar-refractivity contribution in [1.29, 1.82) is 0 Å². The van der Waals surface area contributed by atoms with E-state index in [1.807, 2.05) is 45.7 Å². The Bertz CT molecular complexity index is 1330. The van der Waals surface area contributed by atoms with Crippen LogP contribution in [0.2, 0.25) is 0 Å². The highest BCUT2D eigenvalue weighted by atomic mass is 16.1. The van der Waals surface area contributed by atoms with Crippen molar-refractivity contribution in [2.75, 3.05) is 0 Å². The maximum absolute atomic E-state index is 13.5. The number of nitrogens with one attached hydrogen (secondary N) is 1. The molecule has 0 saturated heterocycles. The number of pyridine rings is 1. The van der Waals surface area contributed by atoms with E-state index in [4.69, 9.17) is 4.98 Å². The number of hydrogen-bond acceptors (Lipinski definition) is 5. The topological polar surface area (TPSA) is 94.3 Å². The van der Waals surface area contributed by atoms with Gasteiger partial charge in [0, 0.05) is 35.3 Å². The molecule has 0 radical (unpaired) electrons. The number of benzene rings is 1. The number of H-pyrrole nitrogens is 1. The molecule has 5 rings (SSSR count). The third-order valence-electron chi connectivity index (χ3n) is 7.72. The van der Waals surface area contributed by atoms with Gasteiger partial charge in [-0.15, -0.1) is 10.2 Å². The van der Waals surface area contributed by atoms with Crippen LogP contribution in [0.3, 0.4) is 0 Å². The number of aryl methyl sites for hydroxylation is 1. The van der Waals surface area contributed by atoms with Crippen molar-refractivity contribution in [2.45, 2.75) is 71.9 Å². The van der Waals surface area contributed by atoms with Gasteiger partial charge in [0.15, 0.2) is 0 Å². The maximum Gasteiger partial charge on any atom is 0.328 e. The van der Waals surface area contributed by atoms with Crippen LogP contribution in [0.5, 0.6) is 0 Å². The molecule has 0 spiro atoms. The third-order valence-corrected chi connectivity index (χ3v) is 7.72. The highest BCUT2D eigenvalue weighted by Gasteiger charge is 2.53. The first-order valence-electron chi connectivity index (χ1n) is 12.7. The second-order valence-corrected chi connectivity index (χ2v) is 9.62. The lowest BCUT2D eigenvalue weighted by Gasteiger charge is -2.11. The molecule has 3 heterocycles. The summed E-state index contributed by atoms with van der Waals surface area (Å²) in [6.07, 6.45) is 10.4. The lowest BCUT2D eigenvalue weighted by molar-refractivity contribution is 0.410. The van der Waals surface area contributed by atoms with Gasteiger partial charge >= 0.3 is 5.69 Å². The molecule has 1 fully saturated rings. The highest BCUT2D eigenvalue weighted by molar-refractivity contribution is 5.78. The minimum atomic E-state index is 0.108. The molecular weight excluding hydrogens is 438 g/mol. The molecule has 182 valence electrons. The predicted octanol–water partition coefficient (Wildman–Crippen LogP) is 5.03. The van der Waals surface area contributed by atoms with Crippen LogP contribution in [0.25, 0.3) is 22.6 Å². The average molecular weight is 472 g/mol. The second kappa shape index (κ2) is 9.60. The molecule has 0 amide bonds. The summed E-state index contributed by atoms with van der Waals surface area (Å²) < 4.78 is 3.97. The van der Waals surface area contributed by atoms with Gasteiger partial charge in [0.2, 0.25) is 5.82 Å². The molecule has 1 saturated carbocycles. The molecule has 0 bridgehead atoms. The number of unbranched alkanes of at least 4 members (excludes halogenated alkanes) is 1. The Balaban J connectivity index is 1.43. The Morgan fingerprint density at radius 2 is 1.89 bits per heavy atom. The van der Waals surface area contributed by atoms with Crippen molar-refractivity contribution >= 4 is 0 Å². The number of imidazole rings is 1. The summed E-state index contributed by atoms with van der Waals surface area (Å²) in [5, 5.41) is 14.4. The number of hydrogen-bond donors (Lipinski definition) is 1. The lowest BCUT2D eigenvalue weighted by Crippen LogP contribution is -2.26. The minimum Gasteiger partial charge on any atom is -0.295 e. The van der Waals surface area contributed by atoms with Crippen molar-refractivity contribution in [1.82, 2.24) is 34.7 Å². The SMILES string of the molecule is CCCCc1cn(C2CC2(CC)CC)c(=O)n1Cc1ccc(-c2ccccc2-c2nn[nH]n2)nc1. The van der Waals surface area contributed by atoms with Gasteiger partial charge in [-0.2, -0.15) is 5.21 Å². The number of nitrogens with zero attached hydrogens (tertiary/aromatic N) is 6. The zero-order valence-electron chi connectivity index (χ0n) is 20.7. The van der Waals surface area contributed by atoms with E-state index in [2.05, 4.69) is 53.7 Å². The molecule has 4 aromatic rings. The van der Waals surface area contributed by atoms with Crippen molar-refractivity contribution in [3.8, 4) is 22.6 Å². The Hall–Kier alpha value is -3.55. The summed E-state index contributed by atoms with van der Waals surface area (Å²) in [5.41, 5.74) is 5.17. The largest absolute Gasteiger partial charge is 0.328 e. The van der Waals surface area contributed by atoms with Crippen LogP contribution in [0.4, 0.5) is 0 Å². The van der Waals surface area contributed by atoms with Crippen LogP contribution in [0.1, 0.15) is 70.2 Å². The first-order valence-corrected chi connectivity index (χ1v) is 12.7. The summed E-state index contributed by atoms with van der Waals surface area (Å²) in [5.74, 6) is 0.537. The normalized spacial score (nSPS) is 16.5. The number of rotatable bonds is 10. The van der Waals surface area contributed by atoms with Crippen LogP contribution < -0.4 is 5.69 Å². The fourth-order valence-corrected chi connectivity index (χ4v) is 5.26. The van der Waals surface area contributed by atoms with E-state index >= 15 is 0 Å². The zero-order chi connectivity index (χ0) is 24.4. The van der Waals surface area contributed by atoms with Gasteiger partial charge in [-0.05, 0) is 54.4 Å². The number of aromatic nitrogens is 7. The standard InChI is InChI=1S/C27H33N7O/c1-4-7-10-20-18-34(24-15-27(24,5-2)6-3)26(35)33(20)17-19-13-14-23(28-16-19)21-11-8-9-12-22(21)25-29-31-32-30-25/h8-9,11-14,16,18,24H,4-7,10,15,17H2,1-3H3,(H,29,30,31,32). The first kappa shape index (κ1) is 23.2. The van der Waals surface area contributed by atoms with E-state index in [1.165, 1.54) is 0 Å². The predicted molar refractivity (Wildman–Crippen MR) is 136 cm³/mol. The molecule has 0 aliphatic heterocycles. The van der Waals surface area contributed by atoms with E-state index < -0.39 is 0 Å². The monoisotopic (exact) mass is 471 g/mol. The average Bonchev–Trinajstić information content (AvgIpc) is 3.20. The van der Waals surface area contributed by atoms with Crippen molar-refractivity contribution in [3.63, 3.8) is 0 Å². The summed E-state index contributed by atoms with van der Waals surface area (Å²) in [6.45, 7) is 7.21. The van der Waals surface area contributed by atoms with Gasteiger partial charge in [-0.1, -0.05) is 57.5 Å². The lowest BCUT2D eigenvalue weighted by atomic mass is 9.99. The van der Waals surface area contributed by atoms with E-state index in [0.29, 0.717) is 18.4 Å². The molecule has 8 heteroatoms. The van der Waals surface area contributed by atoms with E-state index in [-0.39, 0.29) is 11.1 Å². The van der Waals surface area contributed by atoms with Crippen molar-refractivity contribution in [3.05, 3.63) is 70.5 Å². The Morgan fingerprint density at radius 3 is 2.51 bits per heavy atom. The Morgan fingerprint density at radius 1 is 1.09 bits per heavy atom. The number of tetrazole rings is 1. The van der Waals surface area contributed by atoms with Gasteiger partial charge in [-0.3, -0.25) is 14.1 Å². The fraction of sp³-hybridized carbons (Fsp3) is 0.444. The Labute approximate surface area is 205 Å².